The summed E-state index contributed by atoms with van der Waals surface area (Å²) < 4.78 is 13.2. The minimum atomic E-state index is -0.835. The Labute approximate surface area is 166 Å². The van der Waals surface area contributed by atoms with E-state index in [1.165, 1.54) is 0 Å². The number of aromatic nitrogens is 1. The van der Waals surface area contributed by atoms with Gasteiger partial charge in [0.05, 0.1) is 17.8 Å². The molecule has 2 heterocycles. The number of ether oxygens (including phenoxy) is 2. The van der Waals surface area contributed by atoms with E-state index in [2.05, 4.69) is 16.7 Å². The molecule has 0 spiro atoms. The Hall–Kier alpha value is -2.60. The van der Waals surface area contributed by atoms with Crippen molar-refractivity contribution in [2.24, 2.45) is 0 Å². The third kappa shape index (κ3) is 4.28. The Morgan fingerprint density at radius 1 is 1.00 bits per heavy atom. The van der Waals surface area contributed by atoms with Crippen LogP contribution in [0.4, 0.5) is 0 Å². The zero-order valence-electron chi connectivity index (χ0n) is 17.1. The number of esters is 1. The standard InChI is InChI=1S/C22H28N2O4/c1-14-6-7-15(2)24(14)20-10-8-19(9-11-20)22(26)28-18(5)21(25)23-12-16(3)27-17(4)13-23/h6-11,16-18H,12-13H2,1-5H3/t16-,17+,18-/m0/s1. The average Bonchev–Trinajstić information content (AvgIpc) is 2.98. The zero-order valence-corrected chi connectivity index (χ0v) is 17.1. The Morgan fingerprint density at radius 2 is 1.54 bits per heavy atom. The highest BCUT2D eigenvalue weighted by atomic mass is 16.5. The smallest absolute Gasteiger partial charge is 0.338 e. The van der Waals surface area contributed by atoms with Crippen molar-refractivity contribution in [3.05, 3.63) is 53.3 Å². The number of hydrogen-bond acceptors (Lipinski definition) is 4. The van der Waals surface area contributed by atoms with Gasteiger partial charge in [-0.3, -0.25) is 4.79 Å². The minimum Gasteiger partial charge on any atom is -0.449 e. The first-order valence-electron chi connectivity index (χ1n) is 9.67. The van der Waals surface area contributed by atoms with Gasteiger partial charge in [-0.1, -0.05) is 0 Å². The van der Waals surface area contributed by atoms with E-state index in [1.807, 2.05) is 39.8 Å². The number of morpholine rings is 1. The Balaban J connectivity index is 1.65. The van der Waals surface area contributed by atoms with Crippen molar-refractivity contribution >= 4 is 11.9 Å². The lowest BCUT2D eigenvalue weighted by atomic mass is 10.2. The predicted octanol–water partition coefficient (Wildman–Crippen LogP) is 3.28. The molecule has 6 nitrogen and oxygen atoms in total. The molecular weight excluding hydrogens is 356 g/mol. The molecule has 1 aliphatic rings. The molecule has 1 aromatic heterocycles. The fraction of sp³-hybridized carbons (Fsp3) is 0.455. The van der Waals surface area contributed by atoms with E-state index in [-0.39, 0.29) is 18.1 Å². The predicted molar refractivity (Wildman–Crippen MR) is 107 cm³/mol. The lowest BCUT2D eigenvalue weighted by molar-refractivity contribution is -0.151. The van der Waals surface area contributed by atoms with Gasteiger partial charge in [-0.05, 0) is 71.0 Å². The number of carbonyl (C=O) groups is 2. The van der Waals surface area contributed by atoms with Gasteiger partial charge in [0.15, 0.2) is 6.10 Å². The SMILES string of the molecule is Cc1ccc(C)n1-c1ccc(C(=O)O[C@@H](C)C(=O)N2C[C@@H](C)O[C@@H](C)C2)cc1. The van der Waals surface area contributed by atoms with Crippen LogP contribution in [-0.2, 0) is 14.3 Å². The van der Waals surface area contributed by atoms with Crippen LogP contribution in [0.5, 0.6) is 0 Å². The van der Waals surface area contributed by atoms with E-state index < -0.39 is 12.1 Å². The number of amides is 1. The van der Waals surface area contributed by atoms with Crippen molar-refractivity contribution in [2.45, 2.75) is 52.9 Å². The van der Waals surface area contributed by atoms with Gasteiger partial charge < -0.3 is 18.9 Å². The van der Waals surface area contributed by atoms with Crippen LogP contribution in [0.15, 0.2) is 36.4 Å². The van der Waals surface area contributed by atoms with E-state index in [1.54, 1.807) is 24.0 Å². The highest BCUT2D eigenvalue weighted by Crippen LogP contribution is 2.18. The second-order valence-corrected chi connectivity index (χ2v) is 7.55. The van der Waals surface area contributed by atoms with Gasteiger partial charge in [0.2, 0.25) is 0 Å². The number of nitrogens with zero attached hydrogens (tertiary/aromatic N) is 2. The highest BCUT2D eigenvalue weighted by Gasteiger charge is 2.30. The first-order chi connectivity index (χ1) is 13.3. The molecular formula is C22H28N2O4. The maximum atomic E-state index is 12.6. The first-order valence-corrected chi connectivity index (χ1v) is 9.67. The quantitative estimate of drug-likeness (QED) is 0.759. The molecule has 0 saturated carbocycles. The fourth-order valence-corrected chi connectivity index (χ4v) is 3.72. The maximum Gasteiger partial charge on any atom is 0.338 e. The van der Waals surface area contributed by atoms with Crippen molar-refractivity contribution in [3.63, 3.8) is 0 Å². The molecule has 1 aromatic carbocycles. The van der Waals surface area contributed by atoms with Gasteiger partial charge >= 0.3 is 5.97 Å². The molecule has 0 radical (unpaired) electrons. The number of rotatable bonds is 4. The Morgan fingerprint density at radius 3 is 2.07 bits per heavy atom. The number of aryl methyl sites for hydroxylation is 2. The molecule has 2 aromatic rings. The topological polar surface area (TPSA) is 60.8 Å². The summed E-state index contributed by atoms with van der Waals surface area (Å²) >= 11 is 0. The van der Waals surface area contributed by atoms with Gasteiger partial charge in [-0.2, -0.15) is 0 Å². The summed E-state index contributed by atoms with van der Waals surface area (Å²) in [6.45, 7) is 10.6. The molecule has 3 atom stereocenters. The Bertz CT molecular complexity index is 826. The highest BCUT2D eigenvalue weighted by molar-refractivity contribution is 5.92. The number of carbonyl (C=O) groups excluding carboxylic acids is 2. The molecule has 0 N–H and O–H groups in total. The van der Waals surface area contributed by atoms with Gasteiger partial charge in [-0.15, -0.1) is 0 Å². The molecule has 0 aliphatic carbocycles. The molecule has 0 unspecified atom stereocenters. The van der Waals surface area contributed by atoms with Crippen molar-refractivity contribution in [1.29, 1.82) is 0 Å². The number of hydrogen-bond donors (Lipinski definition) is 0. The monoisotopic (exact) mass is 384 g/mol. The van der Waals surface area contributed by atoms with E-state index in [9.17, 15) is 9.59 Å². The maximum absolute atomic E-state index is 12.6. The second kappa shape index (κ2) is 8.19. The van der Waals surface area contributed by atoms with Crippen molar-refractivity contribution in [2.75, 3.05) is 13.1 Å². The number of benzene rings is 1. The van der Waals surface area contributed by atoms with Gasteiger partial charge in [0, 0.05) is 30.2 Å². The van der Waals surface area contributed by atoms with Crippen LogP contribution in [0, 0.1) is 13.8 Å². The van der Waals surface area contributed by atoms with Crippen LogP contribution < -0.4 is 0 Å². The van der Waals surface area contributed by atoms with Gasteiger partial charge in [0.25, 0.3) is 5.91 Å². The van der Waals surface area contributed by atoms with Crippen LogP contribution in [0.3, 0.4) is 0 Å². The van der Waals surface area contributed by atoms with Gasteiger partial charge in [0.1, 0.15) is 0 Å². The molecule has 150 valence electrons. The Kier molecular flexibility index (Phi) is 5.89. The molecule has 1 fully saturated rings. The summed E-state index contributed by atoms with van der Waals surface area (Å²) in [6.07, 6.45) is -0.883. The molecule has 1 saturated heterocycles. The van der Waals surface area contributed by atoms with Crippen LogP contribution in [0.2, 0.25) is 0 Å². The summed E-state index contributed by atoms with van der Waals surface area (Å²) in [4.78, 5) is 26.8. The molecule has 1 aliphatic heterocycles. The van der Waals surface area contributed by atoms with Crippen LogP contribution in [0.1, 0.15) is 42.5 Å². The van der Waals surface area contributed by atoms with Crippen LogP contribution >= 0.6 is 0 Å². The summed E-state index contributed by atoms with van der Waals surface area (Å²) in [7, 11) is 0. The van der Waals surface area contributed by atoms with E-state index >= 15 is 0 Å². The normalized spacial score (nSPS) is 20.7. The third-order valence-electron chi connectivity index (χ3n) is 5.00. The molecule has 28 heavy (non-hydrogen) atoms. The summed E-state index contributed by atoms with van der Waals surface area (Å²) in [6, 6.07) is 11.3. The minimum absolute atomic E-state index is 0.0243. The largest absolute Gasteiger partial charge is 0.449 e. The molecule has 1 amide bonds. The molecule has 0 bridgehead atoms. The average molecular weight is 384 g/mol. The van der Waals surface area contributed by atoms with Crippen molar-refractivity contribution in [3.8, 4) is 5.69 Å². The van der Waals surface area contributed by atoms with E-state index in [4.69, 9.17) is 9.47 Å². The lowest BCUT2D eigenvalue weighted by Gasteiger charge is -2.36. The first kappa shape index (κ1) is 20.1. The summed E-state index contributed by atoms with van der Waals surface area (Å²) in [5.74, 6) is -0.687. The summed E-state index contributed by atoms with van der Waals surface area (Å²) in [5, 5.41) is 0. The second-order valence-electron chi connectivity index (χ2n) is 7.55. The molecule has 6 heteroatoms. The van der Waals surface area contributed by atoms with Crippen LogP contribution in [0.25, 0.3) is 5.69 Å². The van der Waals surface area contributed by atoms with Crippen molar-refractivity contribution in [1.82, 2.24) is 9.47 Å². The summed E-state index contributed by atoms with van der Waals surface area (Å²) in [5.41, 5.74) is 3.66. The van der Waals surface area contributed by atoms with Crippen LogP contribution in [-0.4, -0.2) is 52.7 Å². The third-order valence-corrected chi connectivity index (χ3v) is 5.00. The fourth-order valence-electron chi connectivity index (χ4n) is 3.72. The van der Waals surface area contributed by atoms with Gasteiger partial charge in [-0.25, -0.2) is 4.79 Å². The lowest BCUT2D eigenvalue weighted by Crippen LogP contribution is -2.51. The molecule has 3 rings (SSSR count). The van der Waals surface area contributed by atoms with E-state index in [0.717, 1.165) is 17.1 Å². The zero-order chi connectivity index (χ0) is 20.4. The van der Waals surface area contributed by atoms with E-state index in [0.29, 0.717) is 18.7 Å². The van der Waals surface area contributed by atoms with Crippen molar-refractivity contribution < 1.29 is 19.1 Å².